The monoisotopic (exact) mass is 286 g/mol. The molecule has 110 valence electrons. The molecule has 0 saturated heterocycles. The fourth-order valence-electron chi connectivity index (χ4n) is 2.77. The van der Waals surface area contributed by atoms with Crippen LogP contribution in [0.4, 0.5) is 5.69 Å². The number of aromatic nitrogens is 4. The van der Waals surface area contributed by atoms with Crippen molar-refractivity contribution in [3.8, 4) is 5.69 Å². The van der Waals surface area contributed by atoms with Gasteiger partial charge >= 0.3 is 0 Å². The van der Waals surface area contributed by atoms with Crippen molar-refractivity contribution < 1.29 is 4.79 Å². The maximum Gasteiger partial charge on any atom is 0.224 e. The van der Waals surface area contributed by atoms with E-state index in [0.29, 0.717) is 12.3 Å². The summed E-state index contributed by atoms with van der Waals surface area (Å²) in [5.41, 5.74) is 7.54. The number of nitrogens with two attached hydrogens (primary N) is 1. The first-order valence-corrected chi connectivity index (χ1v) is 7.11. The van der Waals surface area contributed by atoms with E-state index in [-0.39, 0.29) is 11.9 Å². The number of hydrogen-bond acceptors (Lipinski definition) is 5. The van der Waals surface area contributed by atoms with Crippen molar-refractivity contribution in [3.63, 3.8) is 0 Å². The molecule has 21 heavy (non-hydrogen) atoms. The van der Waals surface area contributed by atoms with E-state index in [9.17, 15) is 4.79 Å². The van der Waals surface area contributed by atoms with Gasteiger partial charge in [0.25, 0.3) is 0 Å². The molecule has 1 aliphatic carbocycles. The molecule has 1 aromatic heterocycles. The number of nitrogens with one attached hydrogen (secondary N) is 1. The zero-order valence-electron chi connectivity index (χ0n) is 11.6. The predicted octanol–water partition coefficient (Wildman–Crippen LogP) is 1.12. The quantitative estimate of drug-likeness (QED) is 0.877. The molecule has 1 amide bonds. The van der Waals surface area contributed by atoms with Crippen molar-refractivity contribution in [2.75, 3.05) is 5.32 Å². The summed E-state index contributed by atoms with van der Waals surface area (Å²) in [4.78, 5) is 12.1. The second kappa shape index (κ2) is 6.01. The summed E-state index contributed by atoms with van der Waals surface area (Å²) in [6.07, 6.45) is 5.18. The summed E-state index contributed by atoms with van der Waals surface area (Å²) in [6.45, 7) is 0. The minimum atomic E-state index is 0.00575. The number of hydrogen-bond donors (Lipinski definition) is 2. The van der Waals surface area contributed by atoms with E-state index < -0.39 is 0 Å². The molecule has 1 aliphatic rings. The molecule has 1 aromatic carbocycles. The number of anilines is 1. The van der Waals surface area contributed by atoms with Gasteiger partial charge in [0.1, 0.15) is 6.33 Å². The lowest BCUT2D eigenvalue weighted by molar-refractivity contribution is -0.117. The van der Waals surface area contributed by atoms with Gasteiger partial charge in [0.2, 0.25) is 5.91 Å². The van der Waals surface area contributed by atoms with Crippen molar-refractivity contribution >= 4 is 11.6 Å². The average Bonchev–Trinajstić information content (AvgIpc) is 3.12. The van der Waals surface area contributed by atoms with Gasteiger partial charge < -0.3 is 11.1 Å². The largest absolute Gasteiger partial charge is 0.327 e. The molecular formula is C14H18N6O. The van der Waals surface area contributed by atoms with E-state index in [4.69, 9.17) is 5.73 Å². The Morgan fingerprint density at radius 1 is 1.43 bits per heavy atom. The average molecular weight is 286 g/mol. The minimum Gasteiger partial charge on any atom is -0.327 e. The molecular weight excluding hydrogens is 268 g/mol. The Kier molecular flexibility index (Phi) is 3.92. The van der Waals surface area contributed by atoms with Gasteiger partial charge in [-0.2, -0.15) is 0 Å². The highest BCUT2D eigenvalue weighted by atomic mass is 16.1. The van der Waals surface area contributed by atoms with Crippen molar-refractivity contribution in [1.29, 1.82) is 0 Å². The number of benzene rings is 1. The molecule has 0 radical (unpaired) electrons. The van der Waals surface area contributed by atoms with E-state index in [1.54, 1.807) is 4.68 Å². The maximum absolute atomic E-state index is 12.1. The Labute approximate surface area is 122 Å². The molecule has 3 N–H and O–H groups in total. The molecule has 1 saturated carbocycles. The van der Waals surface area contributed by atoms with Gasteiger partial charge in [-0.3, -0.25) is 4.79 Å². The Balaban J connectivity index is 1.65. The zero-order chi connectivity index (χ0) is 14.7. The second-order valence-electron chi connectivity index (χ2n) is 5.41. The second-order valence-corrected chi connectivity index (χ2v) is 5.41. The van der Waals surface area contributed by atoms with Crippen LogP contribution in [0.5, 0.6) is 0 Å². The molecule has 0 unspecified atom stereocenters. The van der Waals surface area contributed by atoms with Crippen LogP contribution in [0.25, 0.3) is 5.69 Å². The summed E-state index contributed by atoms with van der Waals surface area (Å²) >= 11 is 0. The molecule has 0 bridgehead atoms. The van der Waals surface area contributed by atoms with Crippen LogP contribution in [0.3, 0.4) is 0 Å². The van der Waals surface area contributed by atoms with Crippen LogP contribution in [0.15, 0.2) is 30.6 Å². The van der Waals surface area contributed by atoms with Gasteiger partial charge in [-0.25, -0.2) is 4.68 Å². The fraction of sp³-hybridized carbons (Fsp3) is 0.429. The van der Waals surface area contributed by atoms with Crippen LogP contribution in [0.2, 0.25) is 0 Å². The van der Waals surface area contributed by atoms with Crippen LogP contribution < -0.4 is 11.1 Å². The Morgan fingerprint density at radius 2 is 2.33 bits per heavy atom. The number of tetrazole rings is 1. The van der Waals surface area contributed by atoms with E-state index in [2.05, 4.69) is 20.8 Å². The Morgan fingerprint density at radius 3 is 3.05 bits per heavy atom. The van der Waals surface area contributed by atoms with Crippen molar-refractivity contribution in [1.82, 2.24) is 20.2 Å². The van der Waals surface area contributed by atoms with E-state index >= 15 is 0 Å². The fourth-order valence-corrected chi connectivity index (χ4v) is 2.77. The van der Waals surface area contributed by atoms with E-state index in [1.807, 2.05) is 24.3 Å². The highest BCUT2D eigenvalue weighted by molar-refractivity contribution is 5.91. The van der Waals surface area contributed by atoms with Crippen molar-refractivity contribution in [2.24, 2.45) is 11.7 Å². The number of amides is 1. The molecule has 7 nitrogen and oxygen atoms in total. The summed E-state index contributed by atoms with van der Waals surface area (Å²) in [5, 5.41) is 13.9. The molecule has 3 rings (SSSR count). The van der Waals surface area contributed by atoms with Crippen LogP contribution >= 0.6 is 0 Å². The maximum atomic E-state index is 12.1. The van der Waals surface area contributed by atoms with E-state index in [0.717, 1.165) is 30.6 Å². The smallest absolute Gasteiger partial charge is 0.224 e. The Hall–Kier alpha value is -2.28. The first kappa shape index (κ1) is 13.7. The third-order valence-electron chi connectivity index (χ3n) is 3.91. The topological polar surface area (TPSA) is 98.7 Å². The van der Waals surface area contributed by atoms with E-state index in [1.165, 1.54) is 6.33 Å². The molecule has 2 atom stereocenters. The van der Waals surface area contributed by atoms with Crippen molar-refractivity contribution in [3.05, 3.63) is 30.6 Å². The summed E-state index contributed by atoms with van der Waals surface area (Å²) in [7, 11) is 0. The van der Waals surface area contributed by atoms with Crippen LogP contribution in [0, 0.1) is 5.92 Å². The first-order valence-electron chi connectivity index (χ1n) is 7.11. The van der Waals surface area contributed by atoms with Gasteiger partial charge in [0.15, 0.2) is 0 Å². The number of carbonyl (C=O) groups excluding carboxylic acids is 1. The number of rotatable bonds is 4. The third kappa shape index (κ3) is 3.25. The highest BCUT2D eigenvalue weighted by Crippen LogP contribution is 2.27. The lowest BCUT2D eigenvalue weighted by Crippen LogP contribution is -2.28. The summed E-state index contributed by atoms with van der Waals surface area (Å²) in [6, 6.07) is 7.57. The molecule has 1 fully saturated rings. The predicted molar refractivity (Wildman–Crippen MR) is 77.7 cm³/mol. The number of nitrogens with zero attached hydrogens (tertiary/aromatic N) is 4. The summed E-state index contributed by atoms with van der Waals surface area (Å²) < 4.78 is 1.54. The normalized spacial score (nSPS) is 21.4. The summed E-state index contributed by atoms with van der Waals surface area (Å²) in [5.74, 6) is 0.305. The third-order valence-corrected chi connectivity index (χ3v) is 3.91. The standard InChI is InChI=1S/C14H18N6O/c15-13-6-1-3-10(13)7-14(21)17-11-4-2-5-12(8-11)20-9-16-18-19-20/h2,4-5,8-10,13H,1,3,6-7,15H2,(H,17,21)/t10-,13+/m0/s1. The van der Waals surface area contributed by atoms with Gasteiger partial charge in [-0.1, -0.05) is 12.5 Å². The van der Waals surface area contributed by atoms with Gasteiger partial charge in [0.05, 0.1) is 5.69 Å². The Bertz CT molecular complexity index is 612. The van der Waals surface area contributed by atoms with Crippen LogP contribution in [-0.2, 0) is 4.79 Å². The SMILES string of the molecule is N[C@@H]1CCC[C@H]1CC(=O)Nc1cccc(-n2cnnn2)c1. The van der Waals surface area contributed by atoms with Gasteiger partial charge in [-0.15, -0.1) is 5.10 Å². The molecule has 1 heterocycles. The lowest BCUT2D eigenvalue weighted by atomic mass is 10.00. The highest BCUT2D eigenvalue weighted by Gasteiger charge is 2.25. The lowest BCUT2D eigenvalue weighted by Gasteiger charge is -2.15. The van der Waals surface area contributed by atoms with Gasteiger partial charge in [0, 0.05) is 18.2 Å². The van der Waals surface area contributed by atoms with Gasteiger partial charge in [-0.05, 0) is 47.4 Å². The molecule has 0 spiro atoms. The van der Waals surface area contributed by atoms with Crippen LogP contribution in [-0.4, -0.2) is 32.2 Å². The molecule has 7 heteroatoms. The minimum absolute atomic E-state index is 0.00575. The van der Waals surface area contributed by atoms with Crippen molar-refractivity contribution in [2.45, 2.75) is 31.7 Å². The number of carbonyl (C=O) groups is 1. The molecule has 0 aliphatic heterocycles. The molecule has 2 aromatic rings. The zero-order valence-corrected chi connectivity index (χ0v) is 11.6. The van der Waals surface area contributed by atoms with Crippen LogP contribution in [0.1, 0.15) is 25.7 Å². The first-order chi connectivity index (χ1) is 10.2.